The fourth-order valence-electron chi connectivity index (χ4n) is 3.47. The van der Waals surface area contributed by atoms with E-state index >= 15 is 0 Å². The number of alkyl halides is 6. The Morgan fingerprint density at radius 3 is 2.09 bits per heavy atom. The first-order chi connectivity index (χ1) is 15.4. The number of aromatic nitrogens is 2. The van der Waals surface area contributed by atoms with Gasteiger partial charge in [-0.1, -0.05) is 30.3 Å². The average Bonchev–Trinajstić information content (AvgIpc) is 3.25. The summed E-state index contributed by atoms with van der Waals surface area (Å²) in [6, 6.07) is 12.9. The maximum Gasteiger partial charge on any atom is 0.430 e. The summed E-state index contributed by atoms with van der Waals surface area (Å²) in [5.74, 6) is 0.260. The largest absolute Gasteiger partial charge is 0.430 e. The summed E-state index contributed by atoms with van der Waals surface area (Å²) in [5.41, 5.74) is -6.56. The Hall–Kier alpha value is -3.18. The summed E-state index contributed by atoms with van der Waals surface area (Å²) >= 11 is 1.41. The highest BCUT2D eigenvalue weighted by atomic mass is 32.1. The number of hydrogen-bond acceptors (Lipinski definition) is 4. The molecule has 11 heteroatoms. The van der Waals surface area contributed by atoms with Crippen molar-refractivity contribution >= 4 is 22.2 Å². The van der Waals surface area contributed by atoms with E-state index in [2.05, 4.69) is 4.98 Å². The minimum atomic E-state index is -6.00. The Kier molecular flexibility index (Phi) is 5.57. The van der Waals surface area contributed by atoms with Crippen LogP contribution in [0.5, 0.6) is 0 Å². The van der Waals surface area contributed by atoms with Crippen LogP contribution < -0.4 is 5.56 Å². The van der Waals surface area contributed by atoms with Crippen molar-refractivity contribution in [3.8, 4) is 5.69 Å². The summed E-state index contributed by atoms with van der Waals surface area (Å²) < 4.78 is 80.3. The van der Waals surface area contributed by atoms with Gasteiger partial charge >= 0.3 is 12.4 Å². The van der Waals surface area contributed by atoms with Crippen LogP contribution >= 0.6 is 11.3 Å². The summed E-state index contributed by atoms with van der Waals surface area (Å²) in [4.78, 5) is 18.5. The Morgan fingerprint density at radius 2 is 1.52 bits per heavy atom. The molecule has 0 atom stereocenters. The van der Waals surface area contributed by atoms with Gasteiger partial charge in [0.15, 0.2) is 0 Å². The van der Waals surface area contributed by atoms with Crippen LogP contribution in [0.4, 0.5) is 26.3 Å². The predicted molar refractivity (Wildman–Crippen MR) is 110 cm³/mol. The normalized spacial score (nSPS) is 12.9. The molecule has 33 heavy (non-hydrogen) atoms. The highest BCUT2D eigenvalue weighted by Gasteiger charge is 2.71. The van der Waals surface area contributed by atoms with Crippen LogP contribution in [0.25, 0.3) is 16.6 Å². The molecule has 4 nitrogen and oxygen atoms in total. The van der Waals surface area contributed by atoms with Crippen LogP contribution in [-0.4, -0.2) is 27.0 Å². The first kappa shape index (κ1) is 23.0. The van der Waals surface area contributed by atoms with Crippen molar-refractivity contribution in [1.82, 2.24) is 9.55 Å². The molecule has 2 aromatic carbocycles. The molecule has 2 aromatic heterocycles. The topological polar surface area (TPSA) is 55.1 Å². The maximum absolute atomic E-state index is 13.2. The van der Waals surface area contributed by atoms with Crippen molar-refractivity contribution in [2.75, 3.05) is 0 Å². The number of benzene rings is 2. The van der Waals surface area contributed by atoms with Gasteiger partial charge in [0.1, 0.15) is 5.82 Å². The van der Waals surface area contributed by atoms with Crippen LogP contribution in [0, 0.1) is 0 Å². The molecule has 0 saturated heterocycles. The van der Waals surface area contributed by atoms with Gasteiger partial charge in [-0.2, -0.15) is 26.3 Å². The van der Waals surface area contributed by atoms with Crippen molar-refractivity contribution in [2.45, 2.75) is 24.4 Å². The fourth-order valence-corrected chi connectivity index (χ4v) is 4.17. The standard InChI is InChI=1S/C22H14F6N2O2S/c23-21(24,25)20(32,22(26,27)28)13-7-9-14(10-8-13)30-18(12-15-4-3-11-33-15)29-17-6-2-1-5-16(17)19(30)31/h1-11,32H,12H2. The Morgan fingerprint density at radius 1 is 0.879 bits per heavy atom. The lowest BCUT2D eigenvalue weighted by Crippen LogP contribution is -2.53. The molecule has 0 amide bonds. The van der Waals surface area contributed by atoms with E-state index in [9.17, 15) is 36.2 Å². The molecule has 0 bridgehead atoms. The van der Waals surface area contributed by atoms with E-state index in [1.54, 1.807) is 24.3 Å². The van der Waals surface area contributed by atoms with Gasteiger partial charge in [-0.15, -0.1) is 11.3 Å². The third kappa shape index (κ3) is 3.91. The molecule has 1 N–H and O–H groups in total. The van der Waals surface area contributed by atoms with Gasteiger partial charge in [0.25, 0.3) is 11.2 Å². The molecule has 0 unspecified atom stereocenters. The van der Waals surface area contributed by atoms with Gasteiger partial charge in [-0.05, 0) is 35.7 Å². The zero-order valence-corrected chi connectivity index (χ0v) is 17.3. The molecule has 0 aliphatic rings. The molecule has 4 aromatic rings. The van der Waals surface area contributed by atoms with Gasteiger partial charge in [0.05, 0.1) is 16.6 Å². The summed E-state index contributed by atoms with van der Waals surface area (Å²) in [5, 5.41) is 11.7. The number of thiophene rings is 1. The third-order valence-corrected chi connectivity index (χ3v) is 6.00. The molecular weight excluding hydrogens is 470 g/mol. The SMILES string of the molecule is O=c1c2ccccc2nc(Cc2cccs2)n1-c1ccc(C(O)(C(F)(F)F)C(F)(F)F)cc1. The van der Waals surface area contributed by atoms with E-state index in [4.69, 9.17) is 0 Å². The third-order valence-electron chi connectivity index (χ3n) is 5.12. The van der Waals surface area contributed by atoms with Gasteiger partial charge in [-0.25, -0.2) is 4.98 Å². The second-order valence-corrected chi connectivity index (χ2v) is 8.23. The van der Waals surface area contributed by atoms with E-state index in [1.165, 1.54) is 17.4 Å². The summed E-state index contributed by atoms with van der Waals surface area (Å²) in [6.07, 6.45) is -11.8. The molecule has 0 spiro atoms. The van der Waals surface area contributed by atoms with E-state index in [0.29, 0.717) is 17.6 Å². The Bertz CT molecular complexity index is 1330. The molecule has 0 aliphatic heterocycles. The van der Waals surface area contributed by atoms with E-state index in [-0.39, 0.29) is 23.3 Å². The minimum Gasteiger partial charge on any atom is -0.369 e. The smallest absolute Gasteiger partial charge is 0.369 e. The quantitative estimate of drug-likeness (QED) is 0.398. The lowest BCUT2D eigenvalue weighted by Gasteiger charge is -2.32. The van der Waals surface area contributed by atoms with Crippen LogP contribution in [0.15, 0.2) is 70.8 Å². The van der Waals surface area contributed by atoms with Gasteiger partial charge < -0.3 is 5.11 Å². The number of fused-ring (bicyclic) bond motifs is 1. The fraction of sp³-hybridized carbons (Fsp3) is 0.182. The zero-order chi connectivity index (χ0) is 24.0. The molecule has 2 heterocycles. The lowest BCUT2D eigenvalue weighted by atomic mass is 9.92. The number of para-hydroxylation sites is 1. The number of rotatable bonds is 4. The molecule has 172 valence electrons. The van der Waals surface area contributed by atoms with Gasteiger partial charge in [0, 0.05) is 16.9 Å². The van der Waals surface area contributed by atoms with Crippen molar-refractivity contribution in [1.29, 1.82) is 0 Å². The minimum absolute atomic E-state index is 0.0141. The summed E-state index contributed by atoms with van der Waals surface area (Å²) in [7, 11) is 0. The van der Waals surface area contributed by atoms with Crippen molar-refractivity contribution in [2.24, 2.45) is 0 Å². The average molecular weight is 484 g/mol. The maximum atomic E-state index is 13.2. The monoisotopic (exact) mass is 484 g/mol. The number of nitrogens with zero attached hydrogens (tertiary/aromatic N) is 2. The molecule has 0 aliphatic carbocycles. The summed E-state index contributed by atoms with van der Waals surface area (Å²) in [6.45, 7) is 0. The van der Waals surface area contributed by atoms with Crippen LogP contribution in [0.2, 0.25) is 0 Å². The number of hydrogen-bond donors (Lipinski definition) is 1. The van der Waals surface area contributed by atoms with Crippen molar-refractivity contribution in [3.05, 3.63) is 92.7 Å². The second kappa shape index (κ2) is 7.99. The Labute approximate surface area is 186 Å². The predicted octanol–water partition coefficient (Wildman–Crippen LogP) is 5.35. The lowest BCUT2D eigenvalue weighted by molar-refractivity contribution is -0.376. The molecule has 0 radical (unpaired) electrons. The van der Waals surface area contributed by atoms with E-state index in [0.717, 1.165) is 21.6 Å². The second-order valence-electron chi connectivity index (χ2n) is 7.19. The van der Waals surface area contributed by atoms with Crippen molar-refractivity contribution in [3.63, 3.8) is 0 Å². The number of aliphatic hydroxyl groups is 1. The van der Waals surface area contributed by atoms with Crippen LogP contribution in [0.3, 0.4) is 0 Å². The molecule has 0 saturated carbocycles. The first-order valence-corrected chi connectivity index (χ1v) is 10.3. The van der Waals surface area contributed by atoms with Gasteiger partial charge in [-0.3, -0.25) is 9.36 Å². The first-order valence-electron chi connectivity index (χ1n) is 9.43. The molecular formula is C22H14F6N2O2S. The van der Waals surface area contributed by atoms with E-state index < -0.39 is 29.1 Å². The highest BCUT2D eigenvalue weighted by molar-refractivity contribution is 7.09. The highest BCUT2D eigenvalue weighted by Crippen LogP contribution is 2.50. The molecule has 4 rings (SSSR count). The zero-order valence-electron chi connectivity index (χ0n) is 16.5. The van der Waals surface area contributed by atoms with Crippen molar-refractivity contribution < 1.29 is 31.4 Å². The Balaban J connectivity index is 1.89. The van der Waals surface area contributed by atoms with Gasteiger partial charge in [0.2, 0.25) is 0 Å². The molecule has 0 fully saturated rings. The van der Waals surface area contributed by atoms with Crippen LogP contribution in [-0.2, 0) is 12.0 Å². The van der Waals surface area contributed by atoms with Crippen LogP contribution in [0.1, 0.15) is 16.3 Å². The number of halogens is 6. The van der Waals surface area contributed by atoms with E-state index in [1.807, 2.05) is 11.4 Å².